The number of nitriles is 1. The highest BCUT2D eigenvalue weighted by atomic mass is 32.2. The van der Waals surface area contributed by atoms with E-state index < -0.39 is 5.92 Å². The molecule has 0 aliphatic carbocycles. The summed E-state index contributed by atoms with van der Waals surface area (Å²) < 4.78 is 0. The molecule has 18 heavy (non-hydrogen) atoms. The smallest absolute Gasteiger partial charge is 0.165 e. The van der Waals surface area contributed by atoms with Gasteiger partial charge < -0.3 is 5.41 Å². The van der Waals surface area contributed by atoms with Gasteiger partial charge in [0.05, 0.1) is 11.8 Å². The number of thioether (sulfide) groups is 1. The largest absolute Gasteiger partial charge is 0.308 e. The molecule has 94 valence electrons. The first-order chi connectivity index (χ1) is 8.45. The van der Waals surface area contributed by atoms with E-state index in [1.54, 1.807) is 0 Å². The van der Waals surface area contributed by atoms with E-state index in [-0.39, 0.29) is 17.2 Å². The number of carbonyl (C=O) groups excluding carboxylic acids is 1. The Hall–Kier alpha value is -1.60. The average molecular weight is 260 g/mol. The van der Waals surface area contributed by atoms with Gasteiger partial charge in [-0.1, -0.05) is 6.07 Å². The quantitative estimate of drug-likeness (QED) is 0.653. The molecular weight excluding hydrogens is 244 g/mol. The SMILES string of the molecule is CC(=N)[C@H](C#N)C(=O)CSc1ccc(C)c(C)c1. The fourth-order valence-electron chi connectivity index (χ4n) is 1.45. The van der Waals surface area contributed by atoms with Crippen LogP contribution in [0.2, 0.25) is 0 Å². The summed E-state index contributed by atoms with van der Waals surface area (Å²) in [6.07, 6.45) is 0. The van der Waals surface area contributed by atoms with Gasteiger partial charge in [0, 0.05) is 10.6 Å². The van der Waals surface area contributed by atoms with Gasteiger partial charge in [-0.25, -0.2) is 0 Å². The van der Waals surface area contributed by atoms with Gasteiger partial charge in [-0.15, -0.1) is 11.8 Å². The van der Waals surface area contributed by atoms with Crippen LogP contribution in [-0.4, -0.2) is 17.2 Å². The molecule has 1 atom stereocenters. The Bertz CT molecular complexity index is 517. The Morgan fingerprint density at radius 2 is 2.11 bits per heavy atom. The molecule has 3 nitrogen and oxygen atoms in total. The second-order valence-electron chi connectivity index (χ2n) is 4.25. The highest BCUT2D eigenvalue weighted by molar-refractivity contribution is 8.00. The van der Waals surface area contributed by atoms with Crippen molar-refractivity contribution >= 4 is 23.3 Å². The average Bonchev–Trinajstić information content (AvgIpc) is 2.31. The normalized spacial score (nSPS) is 11.7. The van der Waals surface area contributed by atoms with Crippen LogP contribution in [0.5, 0.6) is 0 Å². The lowest BCUT2D eigenvalue weighted by Crippen LogP contribution is -2.21. The van der Waals surface area contributed by atoms with Crippen molar-refractivity contribution in [2.45, 2.75) is 25.7 Å². The van der Waals surface area contributed by atoms with Crippen LogP contribution < -0.4 is 0 Å². The van der Waals surface area contributed by atoms with Crippen LogP contribution in [0.3, 0.4) is 0 Å². The third-order valence-corrected chi connectivity index (χ3v) is 3.76. The third kappa shape index (κ3) is 3.71. The summed E-state index contributed by atoms with van der Waals surface area (Å²) in [5, 5.41) is 16.2. The number of nitrogens with one attached hydrogen (secondary N) is 1. The molecule has 0 bridgehead atoms. The summed E-state index contributed by atoms with van der Waals surface area (Å²) >= 11 is 1.42. The number of hydrogen-bond acceptors (Lipinski definition) is 4. The molecule has 0 radical (unpaired) electrons. The summed E-state index contributed by atoms with van der Waals surface area (Å²) in [7, 11) is 0. The third-order valence-electron chi connectivity index (χ3n) is 2.74. The Kier molecular flexibility index (Phi) is 5.11. The lowest BCUT2D eigenvalue weighted by molar-refractivity contribution is -0.117. The van der Waals surface area contributed by atoms with Crippen molar-refractivity contribution in [3.8, 4) is 6.07 Å². The molecule has 4 heteroatoms. The van der Waals surface area contributed by atoms with Crippen molar-refractivity contribution in [2.24, 2.45) is 5.92 Å². The van der Waals surface area contributed by atoms with E-state index in [9.17, 15) is 4.79 Å². The number of hydrogen-bond donors (Lipinski definition) is 1. The van der Waals surface area contributed by atoms with E-state index in [0.29, 0.717) is 0 Å². The van der Waals surface area contributed by atoms with Gasteiger partial charge in [0.1, 0.15) is 5.92 Å². The van der Waals surface area contributed by atoms with Crippen LogP contribution in [0.25, 0.3) is 0 Å². The van der Waals surface area contributed by atoms with Gasteiger partial charge >= 0.3 is 0 Å². The minimum Gasteiger partial charge on any atom is -0.308 e. The van der Waals surface area contributed by atoms with Crippen LogP contribution in [-0.2, 0) is 4.79 Å². The maximum Gasteiger partial charge on any atom is 0.165 e. The molecule has 1 aromatic rings. The van der Waals surface area contributed by atoms with E-state index in [1.807, 2.05) is 38.1 Å². The molecule has 1 N–H and O–H groups in total. The maximum atomic E-state index is 11.8. The highest BCUT2D eigenvalue weighted by Crippen LogP contribution is 2.22. The Labute approximate surface area is 112 Å². The van der Waals surface area contributed by atoms with Gasteiger partial charge in [0.2, 0.25) is 0 Å². The van der Waals surface area contributed by atoms with Crippen molar-refractivity contribution in [3.05, 3.63) is 29.3 Å². The lowest BCUT2D eigenvalue weighted by Gasteiger charge is -2.07. The molecule has 0 unspecified atom stereocenters. The first-order valence-corrected chi connectivity index (χ1v) is 6.61. The molecule has 0 spiro atoms. The second-order valence-corrected chi connectivity index (χ2v) is 5.29. The van der Waals surface area contributed by atoms with E-state index in [2.05, 4.69) is 0 Å². The van der Waals surface area contributed by atoms with Gasteiger partial charge in [0.25, 0.3) is 0 Å². The fraction of sp³-hybridized carbons (Fsp3) is 0.357. The topological polar surface area (TPSA) is 64.7 Å². The van der Waals surface area contributed by atoms with Gasteiger partial charge in [-0.2, -0.15) is 5.26 Å². The number of rotatable bonds is 5. The van der Waals surface area contributed by atoms with Crippen molar-refractivity contribution < 1.29 is 4.79 Å². The van der Waals surface area contributed by atoms with E-state index in [4.69, 9.17) is 10.7 Å². The predicted molar refractivity (Wildman–Crippen MR) is 74.2 cm³/mol. The summed E-state index contributed by atoms with van der Waals surface area (Å²) in [4.78, 5) is 12.8. The number of carbonyl (C=O) groups is 1. The highest BCUT2D eigenvalue weighted by Gasteiger charge is 2.19. The van der Waals surface area contributed by atoms with Crippen LogP contribution in [0.15, 0.2) is 23.1 Å². The number of benzene rings is 1. The zero-order chi connectivity index (χ0) is 13.7. The molecule has 0 saturated carbocycles. The molecule has 0 saturated heterocycles. The zero-order valence-electron chi connectivity index (χ0n) is 10.8. The number of nitrogens with zero attached hydrogens (tertiary/aromatic N) is 1. The fourth-order valence-corrected chi connectivity index (χ4v) is 2.35. The molecule has 0 fully saturated rings. The van der Waals surface area contributed by atoms with E-state index in [1.165, 1.54) is 29.8 Å². The van der Waals surface area contributed by atoms with E-state index in [0.717, 1.165) is 4.90 Å². The number of ketones is 1. The van der Waals surface area contributed by atoms with E-state index >= 15 is 0 Å². The monoisotopic (exact) mass is 260 g/mol. The molecule has 0 heterocycles. The summed E-state index contributed by atoms with van der Waals surface area (Å²) in [5.41, 5.74) is 2.52. The van der Waals surface area contributed by atoms with Crippen LogP contribution in [0, 0.1) is 36.5 Å². The summed E-state index contributed by atoms with van der Waals surface area (Å²) in [6, 6.07) is 7.90. The minimum absolute atomic E-state index is 0.114. The zero-order valence-corrected chi connectivity index (χ0v) is 11.6. The van der Waals surface area contributed by atoms with Crippen molar-refractivity contribution in [1.29, 1.82) is 10.7 Å². The van der Waals surface area contributed by atoms with Crippen LogP contribution in [0.4, 0.5) is 0 Å². The Morgan fingerprint density at radius 3 is 2.61 bits per heavy atom. The Balaban J connectivity index is 2.65. The van der Waals surface area contributed by atoms with Crippen molar-refractivity contribution in [3.63, 3.8) is 0 Å². The van der Waals surface area contributed by atoms with Crippen molar-refractivity contribution in [1.82, 2.24) is 0 Å². The van der Waals surface area contributed by atoms with Gasteiger partial charge in [0.15, 0.2) is 5.78 Å². The van der Waals surface area contributed by atoms with Gasteiger partial charge in [-0.05, 0) is 44.0 Å². The molecule has 0 amide bonds. The number of aryl methyl sites for hydroxylation is 2. The predicted octanol–water partition coefficient (Wildman–Crippen LogP) is 3.14. The molecule has 1 aromatic carbocycles. The lowest BCUT2D eigenvalue weighted by atomic mass is 10.0. The molecule has 0 aliphatic rings. The van der Waals surface area contributed by atoms with Gasteiger partial charge in [-0.3, -0.25) is 4.79 Å². The molecule has 1 rings (SSSR count). The molecular formula is C14H16N2OS. The maximum absolute atomic E-state index is 11.8. The minimum atomic E-state index is -0.899. The molecule has 0 aromatic heterocycles. The van der Waals surface area contributed by atoms with Crippen LogP contribution in [0.1, 0.15) is 18.1 Å². The molecule has 0 aliphatic heterocycles. The van der Waals surface area contributed by atoms with Crippen LogP contribution >= 0.6 is 11.8 Å². The first kappa shape index (κ1) is 14.5. The van der Waals surface area contributed by atoms with Crippen molar-refractivity contribution in [2.75, 3.05) is 5.75 Å². The summed E-state index contributed by atoms with van der Waals surface area (Å²) in [6.45, 7) is 5.56. The standard InChI is InChI=1S/C14H16N2OS/c1-9-4-5-12(6-10(9)2)18-8-14(17)13(7-15)11(3)16/h4-6,13,16H,8H2,1-3H3/t13-/m0/s1. The second kappa shape index (κ2) is 6.36. The first-order valence-electron chi connectivity index (χ1n) is 5.63. The summed E-state index contributed by atoms with van der Waals surface area (Å²) in [5.74, 6) is -0.867. The Morgan fingerprint density at radius 1 is 1.44 bits per heavy atom. The number of Topliss-reactive ketones (excluding diaryl/α,β-unsaturated/α-hetero) is 1.